The molecule has 0 aliphatic carbocycles. The lowest BCUT2D eigenvalue weighted by molar-refractivity contribution is 0.0702. The van der Waals surface area contributed by atoms with Crippen LogP contribution in [0.2, 0.25) is 0 Å². The zero-order valence-corrected chi connectivity index (χ0v) is 12.8. The van der Waals surface area contributed by atoms with Crippen LogP contribution in [0.4, 0.5) is 0 Å². The van der Waals surface area contributed by atoms with Crippen LogP contribution < -0.4 is 0 Å². The first kappa shape index (κ1) is 14.4. The average Bonchev–Trinajstić information content (AvgIpc) is 3.07. The number of hydrogen-bond donors (Lipinski definition) is 1. The Balaban J connectivity index is 2.03. The fourth-order valence-electron chi connectivity index (χ4n) is 2.19. The summed E-state index contributed by atoms with van der Waals surface area (Å²) in [5.74, 6) is -0.256. The van der Waals surface area contributed by atoms with Crippen LogP contribution in [-0.2, 0) is 6.42 Å². The molecule has 0 bridgehead atoms. The lowest BCUT2D eigenvalue weighted by atomic mass is 10.1. The number of carboxylic acid groups (broad SMARTS) is 1. The summed E-state index contributed by atoms with van der Waals surface area (Å²) in [4.78, 5) is 20.2. The van der Waals surface area contributed by atoms with Crippen LogP contribution in [-0.4, -0.2) is 26.2 Å². The van der Waals surface area contributed by atoms with Crippen LogP contribution in [0.25, 0.3) is 11.3 Å². The maximum Gasteiger partial charge on any atom is 0.348 e. The van der Waals surface area contributed by atoms with Gasteiger partial charge in [-0.05, 0) is 26.0 Å². The van der Waals surface area contributed by atoms with Crippen molar-refractivity contribution in [2.75, 3.05) is 0 Å². The molecule has 0 aliphatic heterocycles. The summed E-state index contributed by atoms with van der Waals surface area (Å²) in [6.07, 6.45) is 3.76. The van der Waals surface area contributed by atoms with Crippen LogP contribution in [0.3, 0.4) is 0 Å². The molecular formula is C15H13N3O3S. The van der Waals surface area contributed by atoms with Crippen molar-refractivity contribution in [2.24, 2.45) is 0 Å². The highest BCUT2D eigenvalue weighted by molar-refractivity contribution is 7.14. The second-order valence-electron chi connectivity index (χ2n) is 4.81. The van der Waals surface area contributed by atoms with Crippen molar-refractivity contribution in [2.45, 2.75) is 20.3 Å². The number of nitrogens with zero attached hydrogens (tertiary/aromatic N) is 3. The van der Waals surface area contributed by atoms with Gasteiger partial charge in [0, 0.05) is 29.9 Å². The van der Waals surface area contributed by atoms with Crippen LogP contribution in [0.1, 0.15) is 31.7 Å². The summed E-state index contributed by atoms with van der Waals surface area (Å²) >= 11 is 1.17. The van der Waals surface area contributed by atoms with Crippen molar-refractivity contribution < 1.29 is 14.4 Å². The van der Waals surface area contributed by atoms with Gasteiger partial charge in [0.05, 0.1) is 16.4 Å². The Bertz CT molecular complexity index is 804. The maximum absolute atomic E-state index is 11.5. The van der Waals surface area contributed by atoms with E-state index in [1.165, 1.54) is 11.3 Å². The molecule has 0 fully saturated rings. The number of thiazole rings is 1. The third-order valence-electron chi connectivity index (χ3n) is 3.31. The fourth-order valence-corrected chi connectivity index (χ4v) is 3.13. The highest BCUT2D eigenvalue weighted by Crippen LogP contribution is 2.30. The van der Waals surface area contributed by atoms with Gasteiger partial charge in [-0.15, -0.1) is 11.3 Å². The monoisotopic (exact) mass is 315 g/mol. The molecule has 0 unspecified atom stereocenters. The van der Waals surface area contributed by atoms with Crippen LogP contribution >= 0.6 is 11.3 Å². The number of carboxylic acids is 1. The molecule has 0 aliphatic rings. The van der Waals surface area contributed by atoms with Gasteiger partial charge in [-0.3, -0.25) is 4.98 Å². The molecule has 0 spiro atoms. The van der Waals surface area contributed by atoms with Gasteiger partial charge < -0.3 is 9.63 Å². The van der Waals surface area contributed by atoms with Gasteiger partial charge in [-0.2, -0.15) is 0 Å². The molecule has 0 aromatic carbocycles. The second kappa shape index (κ2) is 5.69. The Kier molecular flexibility index (Phi) is 3.72. The first-order valence-corrected chi connectivity index (χ1v) is 7.43. The second-order valence-corrected chi connectivity index (χ2v) is 5.90. The molecule has 3 rings (SSSR count). The summed E-state index contributed by atoms with van der Waals surface area (Å²) in [5.41, 5.74) is 2.89. The average molecular weight is 315 g/mol. The predicted octanol–water partition coefficient (Wildman–Crippen LogP) is 3.10. The van der Waals surface area contributed by atoms with E-state index in [1.54, 1.807) is 24.5 Å². The van der Waals surface area contributed by atoms with Crippen molar-refractivity contribution in [1.29, 1.82) is 0 Å². The molecule has 0 radical (unpaired) electrons. The molecule has 112 valence electrons. The van der Waals surface area contributed by atoms with Gasteiger partial charge in [0.15, 0.2) is 0 Å². The zero-order valence-electron chi connectivity index (χ0n) is 12.0. The summed E-state index contributed by atoms with van der Waals surface area (Å²) < 4.78 is 5.14. The van der Waals surface area contributed by atoms with E-state index in [2.05, 4.69) is 15.1 Å². The molecule has 0 amide bonds. The number of hydrogen-bond acceptors (Lipinski definition) is 6. The number of carbonyl (C=O) groups is 1. The first-order valence-electron chi connectivity index (χ1n) is 6.61. The Labute approximate surface area is 130 Å². The lowest BCUT2D eigenvalue weighted by Gasteiger charge is -1.97. The van der Waals surface area contributed by atoms with Gasteiger partial charge in [-0.1, -0.05) is 5.16 Å². The summed E-state index contributed by atoms with van der Waals surface area (Å²) in [6, 6.07) is 3.56. The molecule has 3 heterocycles. The van der Waals surface area contributed by atoms with E-state index in [0.29, 0.717) is 22.7 Å². The molecule has 0 saturated heterocycles. The van der Waals surface area contributed by atoms with Gasteiger partial charge in [-0.25, -0.2) is 9.78 Å². The van der Waals surface area contributed by atoms with E-state index < -0.39 is 5.97 Å². The van der Waals surface area contributed by atoms with E-state index >= 15 is 0 Å². The molecule has 7 heteroatoms. The topological polar surface area (TPSA) is 89.1 Å². The molecule has 3 aromatic rings. The Morgan fingerprint density at radius 1 is 1.41 bits per heavy atom. The summed E-state index contributed by atoms with van der Waals surface area (Å²) in [5, 5.41) is 14.0. The number of aromatic nitrogens is 3. The Hall–Kier alpha value is -2.54. The van der Waals surface area contributed by atoms with Gasteiger partial charge >= 0.3 is 5.97 Å². The molecule has 1 N–H and O–H groups in total. The van der Waals surface area contributed by atoms with E-state index in [4.69, 9.17) is 4.52 Å². The third kappa shape index (κ3) is 2.62. The normalized spacial score (nSPS) is 10.8. The van der Waals surface area contributed by atoms with Gasteiger partial charge in [0.2, 0.25) is 0 Å². The number of pyridine rings is 1. The minimum atomic E-state index is -0.985. The van der Waals surface area contributed by atoms with Crippen molar-refractivity contribution in [1.82, 2.24) is 15.1 Å². The minimum Gasteiger partial charge on any atom is -0.477 e. The lowest BCUT2D eigenvalue weighted by Crippen LogP contribution is -1.95. The van der Waals surface area contributed by atoms with Gasteiger partial charge in [0.1, 0.15) is 10.6 Å². The molecule has 6 nitrogen and oxygen atoms in total. The molecule has 0 saturated carbocycles. The van der Waals surface area contributed by atoms with Crippen LogP contribution in [0.15, 0.2) is 29.0 Å². The van der Waals surface area contributed by atoms with Crippen molar-refractivity contribution in [3.63, 3.8) is 0 Å². The SMILES string of the molecule is Cc1noc(C)c1Cc1nc(-c2cccnc2)c(C(=O)O)s1. The highest BCUT2D eigenvalue weighted by Gasteiger charge is 2.20. The molecule has 0 atom stereocenters. The van der Waals surface area contributed by atoms with Crippen molar-refractivity contribution in [3.05, 3.63) is 51.4 Å². The highest BCUT2D eigenvalue weighted by atomic mass is 32.1. The number of rotatable bonds is 4. The minimum absolute atomic E-state index is 0.217. The molecule has 3 aromatic heterocycles. The first-order chi connectivity index (χ1) is 10.6. The third-order valence-corrected chi connectivity index (χ3v) is 4.35. The van der Waals surface area contributed by atoms with E-state index in [0.717, 1.165) is 17.0 Å². The van der Waals surface area contributed by atoms with Crippen molar-refractivity contribution >= 4 is 17.3 Å². The van der Waals surface area contributed by atoms with E-state index in [1.807, 2.05) is 13.8 Å². The van der Waals surface area contributed by atoms with E-state index in [-0.39, 0.29) is 4.88 Å². The standard InChI is InChI=1S/C15H13N3O3S/c1-8-11(9(2)21-18-8)6-12-17-13(14(22-12)15(19)20)10-4-3-5-16-7-10/h3-5,7H,6H2,1-2H3,(H,19,20). The van der Waals surface area contributed by atoms with Gasteiger partial charge in [0.25, 0.3) is 0 Å². The number of aromatic carboxylic acids is 1. The maximum atomic E-state index is 11.5. The Morgan fingerprint density at radius 3 is 2.82 bits per heavy atom. The molecular weight excluding hydrogens is 302 g/mol. The largest absolute Gasteiger partial charge is 0.477 e. The van der Waals surface area contributed by atoms with Crippen LogP contribution in [0, 0.1) is 13.8 Å². The van der Waals surface area contributed by atoms with Crippen molar-refractivity contribution in [3.8, 4) is 11.3 Å². The smallest absolute Gasteiger partial charge is 0.348 e. The quantitative estimate of drug-likeness (QED) is 0.795. The Morgan fingerprint density at radius 2 is 2.23 bits per heavy atom. The predicted molar refractivity (Wildman–Crippen MR) is 81.1 cm³/mol. The van der Waals surface area contributed by atoms with Crippen LogP contribution in [0.5, 0.6) is 0 Å². The zero-order chi connectivity index (χ0) is 15.7. The number of aryl methyl sites for hydroxylation is 2. The summed E-state index contributed by atoms with van der Waals surface area (Å²) in [7, 11) is 0. The molecule has 22 heavy (non-hydrogen) atoms. The summed E-state index contributed by atoms with van der Waals surface area (Å²) in [6.45, 7) is 3.70. The van der Waals surface area contributed by atoms with E-state index in [9.17, 15) is 9.90 Å². The fraction of sp³-hybridized carbons (Fsp3) is 0.200.